The topological polar surface area (TPSA) is 26.0 Å². The van der Waals surface area contributed by atoms with E-state index in [-0.39, 0.29) is 10.9 Å². The number of halogens is 5. The highest BCUT2D eigenvalue weighted by molar-refractivity contribution is 9.10. The van der Waals surface area contributed by atoms with E-state index < -0.39 is 24.5 Å². The first kappa shape index (κ1) is 13.4. The van der Waals surface area contributed by atoms with E-state index in [9.17, 15) is 17.6 Å². The zero-order chi connectivity index (χ0) is 12.3. The third kappa shape index (κ3) is 3.75. The summed E-state index contributed by atoms with van der Waals surface area (Å²) in [4.78, 5) is 0. The highest BCUT2D eigenvalue weighted by Gasteiger charge is 2.28. The fraction of sp³-hybridized carbons (Fsp3) is 0.400. The summed E-state index contributed by atoms with van der Waals surface area (Å²) in [6, 6.07) is 3.31. The van der Waals surface area contributed by atoms with Gasteiger partial charge in [0.2, 0.25) is 0 Å². The van der Waals surface area contributed by atoms with Crippen LogP contribution in [-0.4, -0.2) is 6.18 Å². The van der Waals surface area contributed by atoms with Crippen molar-refractivity contribution in [2.24, 2.45) is 5.73 Å². The van der Waals surface area contributed by atoms with Gasteiger partial charge in [-0.3, -0.25) is 0 Å². The minimum Gasteiger partial charge on any atom is -0.324 e. The standard InChI is InChI=1S/C10H10BrF4N/c11-9-6(2-1-3-7(9)12)8(16)4-5-10(13,14)15/h1-3,8H,4-5,16H2/t8-/m0/s1. The van der Waals surface area contributed by atoms with E-state index in [2.05, 4.69) is 15.9 Å². The number of rotatable bonds is 3. The molecule has 0 heterocycles. The highest BCUT2D eigenvalue weighted by Crippen LogP contribution is 2.30. The summed E-state index contributed by atoms with van der Waals surface area (Å²) >= 11 is 2.96. The van der Waals surface area contributed by atoms with E-state index in [1.165, 1.54) is 18.2 Å². The fourth-order valence-electron chi connectivity index (χ4n) is 1.28. The first-order valence-electron chi connectivity index (χ1n) is 4.57. The minimum atomic E-state index is -4.24. The number of nitrogens with two attached hydrogens (primary N) is 1. The zero-order valence-electron chi connectivity index (χ0n) is 8.19. The van der Waals surface area contributed by atoms with Crippen molar-refractivity contribution in [3.05, 3.63) is 34.1 Å². The van der Waals surface area contributed by atoms with Crippen LogP contribution in [0.3, 0.4) is 0 Å². The number of hydrogen-bond acceptors (Lipinski definition) is 1. The molecule has 0 amide bonds. The third-order valence-electron chi connectivity index (χ3n) is 2.12. The van der Waals surface area contributed by atoms with Gasteiger partial charge < -0.3 is 5.73 Å². The largest absolute Gasteiger partial charge is 0.389 e. The Morgan fingerprint density at radius 1 is 1.31 bits per heavy atom. The SMILES string of the molecule is N[C@@H](CCC(F)(F)F)c1cccc(F)c1Br. The molecule has 0 radical (unpaired) electrons. The van der Waals surface area contributed by atoms with Crippen molar-refractivity contribution in [1.29, 1.82) is 0 Å². The molecule has 1 aromatic rings. The van der Waals surface area contributed by atoms with Gasteiger partial charge in [0.05, 0.1) is 4.47 Å². The van der Waals surface area contributed by atoms with Crippen molar-refractivity contribution in [2.45, 2.75) is 25.1 Å². The molecule has 1 rings (SSSR count). The first-order chi connectivity index (χ1) is 7.31. The molecule has 0 aliphatic rings. The summed E-state index contributed by atoms with van der Waals surface area (Å²) < 4.78 is 49.1. The molecule has 6 heteroatoms. The van der Waals surface area contributed by atoms with Gasteiger partial charge in [-0.25, -0.2) is 4.39 Å². The van der Waals surface area contributed by atoms with Crippen molar-refractivity contribution < 1.29 is 17.6 Å². The molecule has 0 aliphatic heterocycles. The van der Waals surface area contributed by atoms with Gasteiger partial charge in [0, 0.05) is 12.5 Å². The summed E-state index contributed by atoms with van der Waals surface area (Å²) in [6.45, 7) is 0. The van der Waals surface area contributed by atoms with Crippen LogP contribution >= 0.6 is 15.9 Å². The Morgan fingerprint density at radius 3 is 2.50 bits per heavy atom. The molecule has 1 aromatic carbocycles. The van der Waals surface area contributed by atoms with Crippen LogP contribution < -0.4 is 5.73 Å². The fourth-order valence-corrected chi connectivity index (χ4v) is 1.84. The Morgan fingerprint density at radius 2 is 1.94 bits per heavy atom. The van der Waals surface area contributed by atoms with E-state index in [1.54, 1.807) is 0 Å². The third-order valence-corrected chi connectivity index (χ3v) is 2.96. The van der Waals surface area contributed by atoms with Crippen molar-refractivity contribution in [2.75, 3.05) is 0 Å². The molecule has 1 nitrogen and oxygen atoms in total. The maximum absolute atomic E-state index is 13.1. The molecule has 1 atom stereocenters. The van der Waals surface area contributed by atoms with Crippen LogP contribution in [0.5, 0.6) is 0 Å². The number of benzene rings is 1. The molecule has 2 N–H and O–H groups in total. The van der Waals surface area contributed by atoms with E-state index >= 15 is 0 Å². The smallest absolute Gasteiger partial charge is 0.324 e. The summed E-state index contributed by atoms with van der Waals surface area (Å²) in [5.74, 6) is -0.528. The van der Waals surface area contributed by atoms with Gasteiger partial charge in [0.1, 0.15) is 5.82 Å². The van der Waals surface area contributed by atoms with Crippen LogP contribution in [0.25, 0.3) is 0 Å². The number of alkyl halides is 3. The second kappa shape index (κ2) is 5.14. The summed E-state index contributed by atoms with van der Waals surface area (Å²) in [5, 5.41) is 0. The molecule has 16 heavy (non-hydrogen) atoms. The summed E-state index contributed by atoms with van der Waals surface area (Å²) in [6.07, 6.45) is -5.47. The Hall–Kier alpha value is -0.620. The van der Waals surface area contributed by atoms with Crippen LogP contribution in [0.2, 0.25) is 0 Å². The van der Waals surface area contributed by atoms with Gasteiger partial charge in [-0.05, 0) is 34.0 Å². The average molecular weight is 300 g/mol. The molecule has 0 spiro atoms. The lowest BCUT2D eigenvalue weighted by Gasteiger charge is -2.15. The molecule has 0 unspecified atom stereocenters. The molecule has 90 valence electrons. The zero-order valence-corrected chi connectivity index (χ0v) is 9.78. The Kier molecular flexibility index (Phi) is 4.32. The second-order valence-electron chi connectivity index (χ2n) is 3.40. The van der Waals surface area contributed by atoms with E-state index in [4.69, 9.17) is 5.73 Å². The van der Waals surface area contributed by atoms with E-state index in [0.717, 1.165) is 0 Å². The predicted molar refractivity (Wildman–Crippen MR) is 56.3 cm³/mol. The normalized spacial score (nSPS) is 13.9. The molecule has 0 saturated heterocycles. The summed E-state index contributed by atoms with van der Waals surface area (Å²) in [7, 11) is 0. The van der Waals surface area contributed by atoms with Crippen LogP contribution in [-0.2, 0) is 0 Å². The first-order valence-corrected chi connectivity index (χ1v) is 5.37. The van der Waals surface area contributed by atoms with Crippen LogP contribution in [0.1, 0.15) is 24.4 Å². The van der Waals surface area contributed by atoms with Gasteiger partial charge >= 0.3 is 6.18 Å². The van der Waals surface area contributed by atoms with E-state index in [1.807, 2.05) is 0 Å². The Bertz CT molecular complexity index is 364. The average Bonchev–Trinajstić information content (AvgIpc) is 2.17. The van der Waals surface area contributed by atoms with Crippen molar-refractivity contribution in [1.82, 2.24) is 0 Å². The minimum absolute atomic E-state index is 0.129. The molecule has 0 aromatic heterocycles. The molecule has 0 fully saturated rings. The Labute approximate surface area is 98.8 Å². The summed E-state index contributed by atoms with van der Waals surface area (Å²) in [5.41, 5.74) is 5.93. The lowest BCUT2D eigenvalue weighted by atomic mass is 10.0. The molecular formula is C10H10BrF4N. The molecule has 0 saturated carbocycles. The van der Waals surface area contributed by atoms with Crippen LogP contribution in [0.15, 0.2) is 22.7 Å². The predicted octanol–water partition coefficient (Wildman–Crippen LogP) is 3.93. The van der Waals surface area contributed by atoms with Gasteiger partial charge in [0.25, 0.3) is 0 Å². The van der Waals surface area contributed by atoms with E-state index in [0.29, 0.717) is 5.56 Å². The van der Waals surface area contributed by atoms with Crippen molar-refractivity contribution in [3.63, 3.8) is 0 Å². The maximum Gasteiger partial charge on any atom is 0.389 e. The quantitative estimate of drug-likeness (QED) is 0.841. The molecule has 0 aliphatic carbocycles. The maximum atomic E-state index is 13.1. The Balaban J connectivity index is 2.73. The van der Waals surface area contributed by atoms with Crippen LogP contribution in [0, 0.1) is 5.82 Å². The number of hydrogen-bond donors (Lipinski definition) is 1. The van der Waals surface area contributed by atoms with Crippen molar-refractivity contribution in [3.8, 4) is 0 Å². The van der Waals surface area contributed by atoms with Gasteiger partial charge in [-0.15, -0.1) is 0 Å². The van der Waals surface area contributed by atoms with Gasteiger partial charge in [0.15, 0.2) is 0 Å². The lowest BCUT2D eigenvalue weighted by Crippen LogP contribution is -2.16. The van der Waals surface area contributed by atoms with Crippen molar-refractivity contribution >= 4 is 15.9 Å². The lowest BCUT2D eigenvalue weighted by molar-refractivity contribution is -0.136. The van der Waals surface area contributed by atoms with Crippen LogP contribution in [0.4, 0.5) is 17.6 Å². The second-order valence-corrected chi connectivity index (χ2v) is 4.20. The van der Waals surface area contributed by atoms with Gasteiger partial charge in [-0.1, -0.05) is 12.1 Å². The molecular weight excluding hydrogens is 290 g/mol. The monoisotopic (exact) mass is 299 g/mol. The molecule has 0 bridgehead atoms. The highest BCUT2D eigenvalue weighted by atomic mass is 79.9. The van der Waals surface area contributed by atoms with Gasteiger partial charge in [-0.2, -0.15) is 13.2 Å².